The summed E-state index contributed by atoms with van der Waals surface area (Å²) in [6.07, 6.45) is 4.03. The zero-order valence-corrected chi connectivity index (χ0v) is 22.0. The van der Waals surface area contributed by atoms with Crippen molar-refractivity contribution in [2.75, 3.05) is 26.7 Å². The fraction of sp³-hybridized carbons (Fsp3) is 0.321. The molecule has 5 rings (SSSR count). The second-order valence-electron chi connectivity index (χ2n) is 9.59. The summed E-state index contributed by atoms with van der Waals surface area (Å²) in [4.78, 5) is 41.8. The molecule has 0 saturated carbocycles. The van der Waals surface area contributed by atoms with E-state index in [1.807, 2.05) is 18.2 Å². The first kappa shape index (κ1) is 25.4. The smallest absolute Gasteiger partial charge is 0.256 e. The van der Waals surface area contributed by atoms with Crippen LogP contribution in [0, 0.1) is 5.92 Å². The van der Waals surface area contributed by atoms with Crippen molar-refractivity contribution < 1.29 is 19.1 Å². The molecule has 0 bridgehead atoms. The molecule has 3 heterocycles. The Morgan fingerprint density at radius 2 is 1.95 bits per heavy atom. The van der Waals surface area contributed by atoms with Gasteiger partial charge >= 0.3 is 0 Å². The largest absolute Gasteiger partial charge is 0.496 e. The number of carbonyl (C=O) groups is 3. The van der Waals surface area contributed by atoms with E-state index in [0.29, 0.717) is 65.5 Å². The SMILES string of the molecule is C=CC(=O)N1CC(CC(=O)Cn2cc(C(=O)N3CCc4c(cccc4OC)C3)c3cc(Cl)cc(Cl)c32)C1. The van der Waals surface area contributed by atoms with Crippen molar-refractivity contribution in [3.63, 3.8) is 0 Å². The molecule has 192 valence electrons. The maximum Gasteiger partial charge on any atom is 0.256 e. The zero-order chi connectivity index (χ0) is 26.3. The molecule has 7 nitrogen and oxygen atoms in total. The quantitative estimate of drug-likeness (QED) is 0.406. The summed E-state index contributed by atoms with van der Waals surface area (Å²) < 4.78 is 7.23. The van der Waals surface area contributed by atoms with Crippen LogP contribution in [-0.2, 0) is 29.1 Å². The van der Waals surface area contributed by atoms with E-state index in [1.54, 1.807) is 39.8 Å². The van der Waals surface area contributed by atoms with Gasteiger partial charge in [0, 0.05) is 60.7 Å². The molecule has 37 heavy (non-hydrogen) atoms. The van der Waals surface area contributed by atoms with Gasteiger partial charge in [0.1, 0.15) is 5.75 Å². The number of hydrogen-bond donors (Lipinski definition) is 0. The Labute approximate surface area is 225 Å². The highest BCUT2D eigenvalue weighted by Crippen LogP contribution is 2.34. The second-order valence-corrected chi connectivity index (χ2v) is 10.4. The van der Waals surface area contributed by atoms with E-state index in [1.165, 1.54) is 6.08 Å². The number of likely N-dealkylation sites (tertiary alicyclic amines) is 1. The Bertz CT molecular complexity index is 1420. The molecule has 1 saturated heterocycles. The van der Waals surface area contributed by atoms with E-state index in [4.69, 9.17) is 27.9 Å². The molecule has 2 aliphatic heterocycles. The fourth-order valence-corrected chi connectivity index (χ4v) is 5.94. The summed E-state index contributed by atoms with van der Waals surface area (Å²) >= 11 is 12.9. The van der Waals surface area contributed by atoms with Gasteiger partial charge in [-0.3, -0.25) is 14.4 Å². The lowest BCUT2D eigenvalue weighted by atomic mass is 9.94. The zero-order valence-electron chi connectivity index (χ0n) is 20.5. The van der Waals surface area contributed by atoms with Crippen LogP contribution in [0.1, 0.15) is 27.9 Å². The maximum absolute atomic E-state index is 13.7. The van der Waals surface area contributed by atoms with Crippen molar-refractivity contribution in [2.24, 2.45) is 5.92 Å². The molecule has 9 heteroatoms. The van der Waals surface area contributed by atoms with E-state index in [9.17, 15) is 14.4 Å². The van der Waals surface area contributed by atoms with Crippen LogP contribution in [0.15, 0.2) is 49.2 Å². The van der Waals surface area contributed by atoms with Crippen LogP contribution >= 0.6 is 23.2 Å². The van der Waals surface area contributed by atoms with Gasteiger partial charge in [-0.05, 0) is 36.3 Å². The molecule has 0 unspecified atom stereocenters. The maximum atomic E-state index is 13.7. The minimum Gasteiger partial charge on any atom is -0.496 e. The first-order valence-corrected chi connectivity index (χ1v) is 12.9. The van der Waals surface area contributed by atoms with Gasteiger partial charge in [-0.15, -0.1) is 0 Å². The number of carbonyl (C=O) groups excluding carboxylic acids is 3. The number of fused-ring (bicyclic) bond motifs is 2. The summed E-state index contributed by atoms with van der Waals surface area (Å²) in [5, 5.41) is 1.43. The minimum atomic E-state index is -0.138. The summed E-state index contributed by atoms with van der Waals surface area (Å²) in [7, 11) is 1.65. The van der Waals surface area contributed by atoms with Crippen LogP contribution in [0.5, 0.6) is 5.75 Å². The monoisotopic (exact) mass is 539 g/mol. The van der Waals surface area contributed by atoms with Crippen LogP contribution in [-0.4, -0.2) is 58.7 Å². The predicted molar refractivity (Wildman–Crippen MR) is 143 cm³/mol. The van der Waals surface area contributed by atoms with Gasteiger partial charge in [-0.25, -0.2) is 0 Å². The number of amides is 2. The summed E-state index contributed by atoms with van der Waals surface area (Å²) in [5.74, 6) is 0.708. The first-order chi connectivity index (χ1) is 17.8. The number of ether oxygens (including phenoxy) is 1. The van der Waals surface area contributed by atoms with Crippen molar-refractivity contribution in [3.8, 4) is 5.75 Å². The number of nitrogens with zero attached hydrogens (tertiary/aromatic N) is 3. The number of halogens is 2. The van der Waals surface area contributed by atoms with Crippen molar-refractivity contribution in [2.45, 2.75) is 25.9 Å². The standard InChI is InChI=1S/C28H27Cl2N3O4/c1-3-26(35)32-12-17(13-32)9-20(34)15-33-16-23(22-10-19(29)11-24(30)27(22)33)28(36)31-8-7-21-18(14-31)5-4-6-25(21)37-2/h3-6,10-11,16-17H,1,7-9,12-15H2,2H3. The van der Waals surface area contributed by atoms with E-state index < -0.39 is 0 Å². The van der Waals surface area contributed by atoms with E-state index in [2.05, 4.69) is 6.58 Å². The average Bonchev–Trinajstić information content (AvgIpc) is 3.22. The molecule has 3 aromatic rings. The number of aromatic nitrogens is 1. The van der Waals surface area contributed by atoms with Gasteiger partial charge in [0.05, 0.1) is 29.8 Å². The summed E-state index contributed by atoms with van der Waals surface area (Å²) in [6.45, 7) is 5.68. The van der Waals surface area contributed by atoms with Crippen LogP contribution in [0.4, 0.5) is 0 Å². The molecule has 1 fully saturated rings. The van der Waals surface area contributed by atoms with Crippen molar-refractivity contribution >= 4 is 51.7 Å². The molecule has 2 aromatic carbocycles. The van der Waals surface area contributed by atoms with Crippen LogP contribution in [0.3, 0.4) is 0 Å². The third-order valence-corrected chi connectivity index (χ3v) is 7.66. The number of rotatable bonds is 7. The van der Waals surface area contributed by atoms with Gasteiger partial charge in [-0.1, -0.05) is 41.9 Å². The number of hydrogen-bond acceptors (Lipinski definition) is 4. The number of ketones is 1. The van der Waals surface area contributed by atoms with Gasteiger partial charge < -0.3 is 19.1 Å². The second kappa shape index (κ2) is 10.2. The molecule has 0 radical (unpaired) electrons. The molecule has 2 amide bonds. The van der Waals surface area contributed by atoms with Gasteiger partial charge in [-0.2, -0.15) is 0 Å². The first-order valence-electron chi connectivity index (χ1n) is 12.1. The Morgan fingerprint density at radius 3 is 2.68 bits per heavy atom. The molecule has 2 aliphatic rings. The Balaban J connectivity index is 1.38. The van der Waals surface area contributed by atoms with Crippen molar-refractivity contribution in [1.29, 1.82) is 0 Å². The topological polar surface area (TPSA) is 71.9 Å². The molecule has 1 aromatic heterocycles. The molecule has 0 spiro atoms. The van der Waals surface area contributed by atoms with E-state index in [0.717, 1.165) is 16.9 Å². The normalized spacial score (nSPS) is 15.3. The van der Waals surface area contributed by atoms with Gasteiger partial charge in [0.15, 0.2) is 5.78 Å². The van der Waals surface area contributed by atoms with Crippen LogP contribution in [0.2, 0.25) is 10.0 Å². The number of methoxy groups -OCH3 is 1. The Hall–Kier alpha value is -3.29. The van der Waals surface area contributed by atoms with Crippen molar-refractivity contribution in [1.82, 2.24) is 14.4 Å². The summed E-state index contributed by atoms with van der Waals surface area (Å²) in [5.41, 5.74) is 3.25. The number of Topliss-reactive ketones (excluding diaryl/α,β-unsaturated/α-hetero) is 1. The molecule has 0 atom stereocenters. The highest BCUT2D eigenvalue weighted by Gasteiger charge is 2.31. The average molecular weight is 540 g/mol. The minimum absolute atomic E-state index is 0.0108. The molecule has 0 aliphatic carbocycles. The van der Waals surface area contributed by atoms with E-state index >= 15 is 0 Å². The number of benzene rings is 2. The molecule has 0 N–H and O–H groups in total. The lowest BCUT2D eigenvalue weighted by Gasteiger charge is -2.38. The third kappa shape index (κ3) is 4.86. The van der Waals surface area contributed by atoms with Crippen molar-refractivity contribution in [3.05, 3.63) is 75.9 Å². The van der Waals surface area contributed by atoms with Gasteiger partial charge in [0.2, 0.25) is 5.91 Å². The predicted octanol–water partition coefficient (Wildman–Crippen LogP) is 4.76. The van der Waals surface area contributed by atoms with Gasteiger partial charge in [0.25, 0.3) is 5.91 Å². The van der Waals surface area contributed by atoms with Crippen LogP contribution < -0.4 is 4.74 Å². The summed E-state index contributed by atoms with van der Waals surface area (Å²) in [6, 6.07) is 9.22. The van der Waals surface area contributed by atoms with Crippen LogP contribution in [0.25, 0.3) is 10.9 Å². The fourth-order valence-electron chi connectivity index (χ4n) is 5.34. The lowest BCUT2D eigenvalue weighted by Crippen LogP contribution is -2.50. The van der Waals surface area contributed by atoms with E-state index in [-0.39, 0.29) is 30.1 Å². The molecular weight excluding hydrogens is 513 g/mol. The Kier molecular flexibility index (Phi) is 7.01. The Morgan fingerprint density at radius 1 is 1.16 bits per heavy atom. The highest BCUT2D eigenvalue weighted by atomic mass is 35.5. The lowest BCUT2D eigenvalue weighted by molar-refractivity contribution is -0.134. The highest BCUT2D eigenvalue weighted by molar-refractivity contribution is 6.39. The molecular formula is C28H27Cl2N3O4. The third-order valence-electron chi connectivity index (χ3n) is 7.16.